The normalized spacial score (nSPS) is 22.3. The number of ether oxygens (including phenoxy) is 2. The Bertz CT molecular complexity index is 899. The van der Waals surface area contributed by atoms with Gasteiger partial charge in [-0.3, -0.25) is 14.8 Å². The lowest BCUT2D eigenvalue weighted by Gasteiger charge is -2.35. The highest BCUT2D eigenvalue weighted by Crippen LogP contribution is 2.32. The van der Waals surface area contributed by atoms with Crippen LogP contribution in [0.15, 0.2) is 48.9 Å². The van der Waals surface area contributed by atoms with Gasteiger partial charge < -0.3 is 19.5 Å². The molecule has 0 bridgehead atoms. The van der Waals surface area contributed by atoms with Gasteiger partial charge in [-0.1, -0.05) is 6.07 Å². The molecule has 8 nitrogen and oxygen atoms in total. The Hall–Kier alpha value is -3.21. The standard InChI is InChI=1S/C19H21N3O3.C2HF3O2/c23-19(16-5-1-2-10-21-16)22-11-8-18-17(22)7-6-15(25-18)13-24-14-4-3-9-20-12-14;3-2(4,5)1(6)7/h1-5,9-10,12,15,17-18H,6-8,11,13H2;(H,6,7)/t15-,17-,18-;/m0./s1. The smallest absolute Gasteiger partial charge is 0.489 e. The summed E-state index contributed by atoms with van der Waals surface area (Å²) in [6.45, 7) is 1.24. The number of carboxylic acid groups (broad SMARTS) is 1. The third kappa shape index (κ3) is 6.16. The fraction of sp³-hybridized carbons (Fsp3) is 0.429. The summed E-state index contributed by atoms with van der Waals surface area (Å²) in [6.07, 6.45) is 2.83. The molecule has 172 valence electrons. The number of nitrogens with zero attached hydrogens (tertiary/aromatic N) is 3. The second-order valence-corrected chi connectivity index (χ2v) is 7.25. The first-order chi connectivity index (χ1) is 15.3. The van der Waals surface area contributed by atoms with Gasteiger partial charge in [0, 0.05) is 18.9 Å². The van der Waals surface area contributed by atoms with Crippen LogP contribution in [0.2, 0.25) is 0 Å². The Morgan fingerprint density at radius 1 is 1.16 bits per heavy atom. The van der Waals surface area contributed by atoms with Crippen molar-refractivity contribution in [2.75, 3.05) is 13.2 Å². The Morgan fingerprint density at radius 3 is 2.56 bits per heavy atom. The first-order valence-electron chi connectivity index (χ1n) is 9.96. The van der Waals surface area contributed by atoms with Crippen LogP contribution in [0.3, 0.4) is 0 Å². The van der Waals surface area contributed by atoms with Crippen molar-refractivity contribution in [1.29, 1.82) is 0 Å². The summed E-state index contributed by atoms with van der Waals surface area (Å²) in [5.41, 5.74) is 0.505. The van der Waals surface area contributed by atoms with Gasteiger partial charge in [0.2, 0.25) is 0 Å². The molecule has 0 unspecified atom stereocenters. The van der Waals surface area contributed by atoms with Crippen LogP contribution in [0.4, 0.5) is 13.2 Å². The molecule has 0 saturated carbocycles. The number of pyridine rings is 2. The van der Waals surface area contributed by atoms with E-state index in [1.165, 1.54) is 0 Å². The molecule has 2 aliphatic heterocycles. The summed E-state index contributed by atoms with van der Waals surface area (Å²) in [7, 11) is 0. The van der Waals surface area contributed by atoms with E-state index in [-0.39, 0.29) is 24.2 Å². The molecule has 0 aliphatic carbocycles. The van der Waals surface area contributed by atoms with Crippen LogP contribution < -0.4 is 4.74 Å². The highest BCUT2D eigenvalue weighted by atomic mass is 19.4. The summed E-state index contributed by atoms with van der Waals surface area (Å²) < 4.78 is 43.7. The van der Waals surface area contributed by atoms with Crippen molar-refractivity contribution < 1.29 is 37.3 Å². The van der Waals surface area contributed by atoms with E-state index in [0.29, 0.717) is 12.3 Å². The molecular weight excluding hydrogens is 431 g/mol. The zero-order chi connectivity index (χ0) is 23.1. The number of aliphatic carboxylic acids is 1. The molecule has 2 aromatic rings. The number of hydrogen-bond donors (Lipinski definition) is 1. The van der Waals surface area contributed by atoms with Gasteiger partial charge in [-0.25, -0.2) is 4.79 Å². The topological polar surface area (TPSA) is 102 Å². The highest BCUT2D eigenvalue weighted by molar-refractivity contribution is 5.92. The van der Waals surface area contributed by atoms with Crippen molar-refractivity contribution in [2.24, 2.45) is 0 Å². The van der Waals surface area contributed by atoms with E-state index in [4.69, 9.17) is 19.4 Å². The third-order valence-corrected chi connectivity index (χ3v) is 5.09. The Labute approximate surface area is 182 Å². The monoisotopic (exact) mass is 453 g/mol. The number of amides is 1. The summed E-state index contributed by atoms with van der Waals surface area (Å²) in [5, 5.41) is 7.12. The second kappa shape index (κ2) is 10.4. The van der Waals surface area contributed by atoms with Crippen molar-refractivity contribution in [2.45, 2.75) is 43.7 Å². The number of carbonyl (C=O) groups is 2. The van der Waals surface area contributed by atoms with Crippen LogP contribution in [0.1, 0.15) is 29.8 Å². The fourth-order valence-electron chi connectivity index (χ4n) is 3.63. The first-order valence-corrected chi connectivity index (χ1v) is 9.96. The highest BCUT2D eigenvalue weighted by Gasteiger charge is 2.42. The number of hydrogen-bond acceptors (Lipinski definition) is 6. The van der Waals surface area contributed by atoms with Gasteiger partial charge in [-0.2, -0.15) is 13.2 Å². The second-order valence-electron chi connectivity index (χ2n) is 7.25. The van der Waals surface area contributed by atoms with Gasteiger partial charge in [0.15, 0.2) is 0 Å². The molecule has 3 atom stereocenters. The number of fused-ring (bicyclic) bond motifs is 1. The van der Waals surface area contributed by atoms with Crippen LogP contribution in [0, 0.1) is 0 Å². The predicted molar refractivity (Wildman–Crippen MR) is 105 cm³/mol. The summed E-state index contributed by atoms with van der Waals surface area (Å²) in [4.78, 5) is 31.7. The van der Waals surface area contributed by atoms with Crippen LogP contribution in [-0.4, -0.2) is 69.4 Å². The molecule has 4 heterocycles. The van der Waals surface area contributed by atoms with E-state index in [1.807, 2.05) is 29.2 Å². The molecule has 2 aromatic heterocycles. The number of carboxylic acids is 1. The average molecular weight is 453 g/mol. The van der Waals surface area contributed by atoms with Crippen molar-refractivity contribution in [3.63, 3.8) is 0 Å². The number of likely N-dealkylation sites (tertiary alicyclic amines) is 1. The van der Waals surface area contributed by atoms with E-state index < -0.39 is 12.1 Å². The van der Waals surface area contributed by atoms with E-state index >= 15 is 0 Å². The Kier molecular flexibility index (Phi) is 7.62. The quantitative estimate of drug-likeness (QED) is 0.760. The number of rotatable bonds is 4. The minimum Gasteiger partial charge on any atom is -0.489 e. The zero-order valence-corrected chi connectivity index (χ0v) is 16.9. The lowest BCUT2D eigenvalue weighted by molar-refractivity contribution is -0.192. The average Bonchev–Trinajstić information content (AvgIpc) is 3.21. The number of halogens is 3. The fourth-order valence-corrected chi connectivity index (χ4v) is 3.63. The van der Waals surface area contributed by atoms with Crippen LogP contribution >= 0.6 is 0 Å². The van der Waals surface area contributed by atoms with Gasteiger partial charge in [-0.15, -0.1) is 0 Å². The molecule has 2 aliphatic rings. The third-order valence-electron chi connectivity index (χ3n) is 5.09. The van der Waals surface area contributed by atoms with E-state index in [1.54, 1.807) is 24.7 Å². The lowest BCUT2D eigenvalue weighted by atomic mass is 9.99. The molecular formula is C21H22F3N3O5. The van der Waals surface area contributed by atoms with Gasteiger partial charge in [-0.05, 0) is 43.5 Å². The maximum absolute atomic E-state index is 12.7. The Balaban J connectivity index is 0.000000360. The molecule has 32 heavy (non-hydrogen) atoms. The predicted octanol–water partition coefficient (Wildman–Crippen LogP) is 2.95. The molecule has 4 rings (SSSR count). The van der Waals surface area contributed by atoms with E-state index in [2.05, 4.69) is 9.97 Å². The molecule has 0 aromatic carbocycles. The molecule has 0 radical (unpaired) electrons. The molecule has 1 amide bonds. The van der Waals surface area contributed by atoms with Gasteiger partial charge in [0.1, 0.15) is 18.1 Å². The molecule has 1 N–H and O–H groups in total. The Morgan fingerprint density at radius 2 is 1.94 bits per heavy atom. The van der Waals surface area contributed by atoms with Crippen molar-refractivity contribution >= 4 is 11.9 Å². The minimum absolute atomic E-state index is 0.00163. The van der Waals surface area contributed by atoms with Gasteiger partial charge in [0.05, 0.1) is 24.4 Å². The van der Waals surface area contributed by atoms with E-state index in [9.17, 15) is 18.0 Å². The molecule has 11 heteroatoms. The van der Waals surface area contributed by atoms with Gasteiger partial charge in [0.25, 0.3) is 5.91 Å². The minimum atomic E-state index is -5.08. The van der Waals surface area contributed by atoms with Crippen LogP contribution in [0.5, 0.6) is 5.75 Å². The number of carbonyl (C=O) groups excluding carboxylic acids is 1. The molecule has 2 saturated heterocycles. The SMILES string of the molecule is O=C(O)C(F)(F)F.O=C(c1ccccn1)N1CC[C@@H]2O[C@H](COc3cccnc3)CC[C@@H]21. The summed E-state index contributed by atoms with van der Waals surface area (Å²) >= 11 is 0. The van der Waals surface area contributed by atoms with Crippen molar-refractivity contribution in [3.8, 4) is 5.75 Å². The van der Waals surface area contributed by atoms with Crippen LogP contribution in [0.25, 0.3) is 0 Å². The largest absolute Gasteiger partial charge is 0.490 e. The van der Waals surface area contributed by atoms with E-state index in [0.717, 1.165) is 31.6 Å². The molecule has 2 fully saturated rings. The van der Waals surface area contributed by atoms with Gasteiger partial charge >= 0.3 is 12.1 Å². The van der Waals surface area contributed by atoms with Crippen molar-refractivity contribution in [1.82, 2.24) is 14.9 Å². The molecule has 0 spiro atoms. The first kappa shape index (κ1) is 23.5. The number of alkyl halides is 3. The summed E-state index contributed by atoms with van der Waals surface area (Å²) in [5.74, 6) is -2.00. The lowest BCUT2D eigenvalue weighted by Crippen LogP contribution is -2.46. The summed E-state index contributed by atoms with van der Waals surface area (Å²) in [6, 6.07) is 9.32. The number of aromatic nitrogens is 2. The zero-order valence-electron chi connectivity index (χ0n) is 16.9. The van der Waals surface area contributed by atoms with Crippen molar-refractivity contribution in [3.05, 3.63) is 54.6 Å². The van der Waals surface area contributed by atoms with Crippen LogP contribution in [-0.2, 0) is 9.53 Å². The maximum Gasteiger partial charge on any atom is 0.490 e. The maximum atomic E-state index is 12.7.